The fourth-order valence-corrected chi connectivity index (χ4v) is 3.76. The molecule has 1 N–H and O–H groups in total. The van der Waals surface area contributed by atoms with Crippen LogP contribution < -0.4 is 5.32 Å². The molecule has 5 atom stereocenters. The highest BCUT2D eigenvalue weighted by molar-refractivity contribution is 5.85. The second kappa shape index (κ2) is 7.10. The third-order valence-electron chi connectivity index (χ3n) is 5.22. The SMILES string of the molecule is CCC(C)C1NC(CC(C)C)N(C2CCC(OC)C2)C1=O. The van der Waals surface area contributed by atoms with E-state index in [4.69, 9.17) is 4.74 Å². The van der Waals surface area contributed by atoms with Gasteiger partial charge >= 0.3 is 0 Å². The van der Waals surface area contributed by atoms with E-state index in [1.54, 1.807) is 7.11 Å². The number of amides is 1. The normalized spacial score (nSPS) is 35.0. The van der Waals surface area contributed by atoms with Crippen LogP contribution in [-0.4, -0.2) is 42.3 Å². The van der Waals surface area contributed by atoms with E-state index in [2.05, 4.69) is 37.9 Å². The van der Waals surface area contributed by atoms with E-state index in [1.165, 1.54) is 0 Å². The predicted octanol–water partition coefficient (Wildman–Crippen LogP) is 2.77. The minimum absolute atomic E-state index is 0.000319. The van der Waals surface area contributed by atoms with E-state index in [1.807, 2.05) is 0 Å². The zero-order valence-corrected chi connectivity index (χ0v) is 14.3. The quantitative estimate of drug-likeness (QED) is 0.819. The molecule has 1 aliphatic carbocycles. The molecule has 122 valence electrons. The number of carbonyl (C=O) groups excluding carboxylic acids is 1. The van der Waals surface area contributed by atoms with Crippen LogP contribution in [0.5, 0.6) is 0 Å². The Labute approximate surface area is 129 Å². The Kier molecular flexibility index (Phi) is 5.67. The molecule has 2 rings (SSSR count). The number of rotatable bonds is 6. The lowest BCUT2D eigenvalue weighted by Crippen LogP contribution is -2.44. The van der Waals surface area contributed by atoms with Gasteiger partial charge in [0.2, 0.25) is 5.91 Å². The molecule has 21 heavy (non-hydrogen) atoms. The Morgan fingerprint density at radius 3 is 2.57 bits per heavy atom. The summed E-state index contributed by atoms with van der Waals surface area (Å²) in [5.74, 6) is 1.31. The zero-order valence-electron chi connectivity index (χ0n) is 14.3. The molecule has 2 fully saturated rings. The van der Waals surface area contributed by atoms with Gasteiger partial charge in [-0.05, 0) is 37.5 Å². The third kappa shape index (κ3) is 3.59. The average molecular weight is 296 g/mol. The first-order chi connectivity index (χ1) is 9.97. The maximum Gasteiger partial charge on any atom is 0.241 e. The van der Waals surface area contributed by atoms with E-state index < -0.39 is 0 Å². The minimum atomic E-state index is 0.000319. The summed E-state index contributed by atoms with van der Waals surface area (Å²) in [4.78, 5) is 15.1. The maximum absolute atomic E-state index is 12.9. The molecule has 1 amide bonds. The van der Waals surface area contributed by atoms with Gasteiger partial charge in [-0.15, -0.1) is 0 Å². The van der Waals surface area contributed by atoms with Gasteiger partial charge in [-0.2, -0.15) is 0 Å². The highest BCUT2D eigenvalue weighted by Gasteiger charge is 2.45. The van der Waals surface area contributed by atoms with Gasteiger partial charge in [-0.25, -0.2) is 0 Å². The summed E-state index contributed by atoms with van der Waals surface area (Å²) in [6.07, 6.45) is 5.75. The van der Waals surface area contributed by atoms with Crippen LogP contribution >= 0.6 is 0 Å². The molecule has 4 nitrogen and oxygen atoms in total. The largest absolute Gasteiger partial charge is 0.381 e. The van der Waals surface area contributed by atoms with Crippen LogP contribution in [-0.2, 0) is 9.53 Å². The van der Waals surface area contributed by atoms with Crippen LogP contribution in [0.15, 0.2) is 0 Å². The highest BCUT2D eigenvalue weighted by Crippen LogP contribution is 2.33. The predicted molar refractivity (Wildman–Crippen MR) is 84.9 cm³/mol. The molecule has 5 unspecified atom stereocenters. The summed E-state index contributed by atoms with van der Waals surface area (Å²) in [5, 5.41) is 3.62. The van der Waals surface area contributed by atoms with Crippen molar-refractivity contribution in [1.29, 1.82) is 0 Å². The maximum atomic E-state index is 12.9. The van der Waals surface area contributed by atoms with Crippen LogP contribution in [0.1, 0.15) is 59.8 Å². The molecular formula is C17H32N2O2. The highest BCUT2D eigenvalue weighted by atomic mass is 16.5. The second-order valence-electron chi connectivity index (χ2n) is 7.25. The number of nitrogens with zero attached hydrogens (tertiary/aromatic N) is 1. The fraction of sp³-hybridized carbons (Fsp3) is 0.941. The number of nitrogens with one attached hydrogen (secondary N) is 1. The van der Waals surface area contributed by atoms with E-state index in [0.717, 1.165) is 32.1 Å². The van der Waals surface area contributed by atoms with Crippen molar-refractivity contribution in [2.24, 2.45) is 11.8 Å². The fourth-order valence-electron chi connectivity index (χ4n) is 3.76. The van der Waals surface area contributed by atoms with Crippen molar-refractivity contribution in [3.63, 3.8) is 0 Å². The topological polar surface area (TPSA) is 41.6 Å². The number of hydrogen-bond donors (Lipinski definition) is 1. The molecule has 4 heteroatoms. The summed E-state index contributed by atoms with van der Waals surface area (Å²) in [7, 11) is 1.78. The van der Waals surface area contributed by atoms with Crippen molar-refractivity contribution in [2.45, 2.75) is 84.2 Å². The lowest BCUT2D eigenvalue weighted by molar-refractivity contribution is -0.133. The molecule has 0 spiro atoms. The van der Waals surface area contributed by atoms with Crippen LogP contribution in [0.2, 0.25) is 0 Å². The number of ether oxygens (including phenoxy) is 1. The Bertz CT molecular complexity index is 359. The Hall–Kier alpha value is -0.610. The minimum Gasteiger partial charge on any atom is -0.381 e. The standard InChI is InChI=1S/C17H32N2O2/c1-6-12(4)16-17(20)19(15(18-16)9-11(2)3)13-7-8-14(10-13)21-5/h11-16,18H,6-10H2,1-5H3. The summed E-state index contributed by atoms with van der Waals surface area (Å²) in [6, 6.07) is 0.355. The third-order valence-corrected chi connectivity index (χ3v) is 5.22. The van der Waals surface area contributed by atoms with Crippen molar-refractivity contribution in [2.75, 3.05) is 7.11 Å². The first kappa shape index (κ1) is 16.8. The van der Waals surface area contributed by atoms with E-state index >= 15 is 0 Å². The monoisotopic (exact) mass is 296 g/mol. The first-order valence-electron chi connectivity index (χ1n) is 8.58. The molecule has 0 aromatic rings. The number of hydrogen-bond acceptors (Lipinski definition) is 3. The van der Waals surface area contributed by atoms with E-state index in [-0.39, 0.29) is 12.2 Å². The second-order valence-corrected chi connectivity index (χ2v) is 7.25. The van der Waals surface area contributed by atoms with Gasteiger partial charge in [0.15, 0.2) is 0 Å². The van der Waals surface area contributed by atoms with Gasteiger partial charge < -0.3 is 9.64 Å². The zero-order chi connectivity index (χ0) is 15.6. The molecule has 0 radical (unpaired) electrons. The van der Waals surface area contributed by atoms with Gasteiger partial charge in [0, 0.05) is 13.2 Å². The number of methoxy groups -OCH3 is 1. The summed E-state index contributed by atoms with van der Waals surface area (Å²) < 4.78 is 5.49. The van der Waals surface area contributed by atoms with Crippen molar-refractivity contribution in [3.05, 3.63) is 0 Å². The van der Waals surface area contributed by atoms with Crippen molar-refractivity contribution in [1.82, 2.24) is 10.2 Å². The van der Waals surface area contributed by atoms with Crippen molar-refractivity contribution < 1.29 is 9.53 Å². The lowest BCUT2D eigenvalue weighted by Gasteiger charge is -2.31. The van der Waals surface area contributed by atoms with Crippen LogP contribution in [0.4, 0.5) is 0 Å². The van der Waals surface area contributed by atoms with Crippen LogP contribution in [0, 0.1) is 11.8 Å². The molecule has 1 saturated carbocycles. The molecular weight excluding hydrogens is 264 g/mol. The van der Waals surface area contributed by atoms with Gasteiger partial charge in [-0.1, -0.05) is 34.1 Å². The van der Waals surface area contributed by atoms with Crippen LogP contribution in [0.25, 0.3) is 0 Å². The summed E-state index contributed by atoms with van der Waals surface area (Å²) >= 11 is 0. The molecule has 2 aliphatic rings. The van der Waals surface area contributed by atoms with Gasteiger partial charge in [0.1, 0.15) is 0 Å². The van der Waals surface area contributed by atoms with E-state index in [0.29, 0.717) is 29.9 Å². The molecule has 0 aromatic carbocycles. The Morgan fingerprint density at radius 1 is 1.33 bits per heavy atom. The van der Waals surface area contributed by atoms with E-state index in [9.17, 15) is 4.79 Å². The smallest absolute Gasteiger partial charge is 0.241 e. The van der Waals surface area contributed by atoms with Gasteiger partial charge in [0.05, 0.1) is 18.3 Å². The van der Waals surface area contributed by atoms with Crippen molar-refractivity contribution in [3.8, 4) is 0 Å². The van der Waals surface area contributed by atoms with Crippen molar-refractivity contribution >= 4 is 5.91 Å². The molecule has 1 aliphatic heterocycles. The molecule has 0 bridgehead atoms. The summed E-state index contributed by atoms with van der Waals surface area (Å²) in [5.41, 5.74) is 0. The Balaban J connectivity index is 2.12. The summed E-state index contributed by atoms with van der Waals surface area (Å²) in [6.45, 7) is 8.80. The molecule has 1 heterocycles. The van der Waals surface area contributed by atoms with Gasteiger partial charge in [-0.3, -0.25) is 10.1 Å². The number of carbonyl (C=O) groups is 1. The first-order valence-corrected chi connectivity index (χ1v) is 8.58. The average Bonchev–Trinajstić information content (AvgIpc) is 3.02. The molecule has 0 aromatic heterocycles. The van der Waals surface area contributed by atoms with Crippen LogP contribution in [0.3, 0.4) is 0 Å². The van der Waals surface area contributed by atoms with Gasteiger partial charge in [0.25, 0.3) is 0 Å². The molecule has 1 saturated heterocycles. The Morgan fingerprint density at radius 2 is 2.05 bits per heavy atom. The lowest BCUT2D eigenvalue weighted by atomic mass is 9.99.